The van der Waals surface area contributed by atoms with Gasteiger partial charge < -0.3 is 18.5 Å². The molecule has 0 radical (unpaired) electrons. The minimum absolute atomic E-state index is 0.0155. The van der Waals surface area contributed by atoms with Gasteiger partial charge in [-0.25, -0.2) is 9.18 Å². The molecule has 0 saturated carbocycles. The number of halogens is 1. The van der Waals surface area contributed by atoms with Gasteiger partial charge in [-0.2, -0.15) is 0 Å². The normalized spacial score (nSPS) is 14.5. The van der Waals surface area contributed by atoms with Crippen LogP contribution in [0.5, 0.6) is 0 Å². The van der Waals surface area contributed by atoms with Crippen molar-refractivity contribution in [2.24, 2.45) is 0 Å². The second-order valence-corrected chi connectivity index (χ2v) is 7.66. The molecular formula is C24H20FNO5. The van der Waals surface area contributed by atoms with Gasteiger partial charge in [0.15, 0.2) is 0 Å². The van der Waals surface area contributed by atoms with Gasteiger partial charge in [0.2, 0.25) is 5.91 Å². The molecule has 158 valence electrons. The number of benzene rings is 2. The van der Waals surface area contributed by atoms with E-state index in [0.717, 1.165) is 21.9 Å². The van der Waals surface area contributed by atoms with Crippen molar-refractivity contribution in [3.8, 4) is 11.1 Å². The lowest BCUT2D eigenvalue weighted by Crippen LogP contribution is -2.42. The summed E-state index contributed by atoms with van der Waals surface area (Å²) in [6.07, 6.45) is 1.59. The summed E-state index contributed by atoms with van der Waals surface area (Å²) in [5.41, 5.74) is 3.14. The Labute approximate surface area is 176 Å². The summed E-state index contributed by atoms with van der Waals surface area (Å²) in [5, 5.41) is 1.56. The van der Waals surface area contributed by atoms with Crippen LogP contribution in [0, 0.1) is 12.7 Å². The summed E-state index contributed by atoms with van der Waals surface area (Å²) < 4.78 is 29.8. The van der Waals surface area contributed by atoms with Crippen molar-refractivity contribution in [1.29, 1.82) is 0 Å². The van der Waals surface area contributed by atoms with Crippen LogP contribution in [-0.4, -0.2) is 37.1 Å². The molecule has 2 aromatic heterocycles. The van der Waals surface area contributed by atoms with Crippen LogP contribution in [0.4, 0.5) is 4.39 Å². The third kappa shape index (κ3) is 3.51. The van der Waals surface area contributed by atoms with Crippen molar-refractivity contribution < 1.29 is 22.8 Å². The maximum Gasteiger partial charge on any atom is 0.340 e. The molecule has 3 heterocycles. The maximum absolute atomic E-state index is 13.3. The molecule has 0 spiro atoms. The van der Waals surface area contributed by atoms with Crippen LogP contribution in [-0.2, 0) is 16.0 Å². The first-order valence-electron chi connectivity index (χ1n) is 10.1. The lowest BCUT2D eigenvalue weighted by atomic mass is 9.99. The minimum atomic E-state index is -0.517. The van der Waals surface area contributed by atoms with Gasteiger partial charge in [0.1, 0.15) is 17.0 Å². The fourth-order valence-corrected chi connectivity index (χ4v) is 4.04. The number of fused-ring (bicyclic) bond motifs is 2. The highest BCUT2D eigenvalue weighted by Gasteiger charge is 2.22. The number of nitrogens with zero attached hydrogens (tertiary/aromatic N) is 1. The zero-order valence-electron chi connectivity index (χ0n) is 16.9. The Balaban J connectivity index is 1.59. The Morgan fingerprint density at radius 2 is 1.81 bits per heavy atom. The summed E-state index contributed by atoms with van der Waals surface area (Å²) in [6.45, 7) is 3.87. The fraction of sp³-hybridized carbons (Fsp3) is 0.250. The number of furan rings is 1. The summed E-state index contributed by atoms with van der Waals surface area (Å²) in [6, 6.07) is 9.75. The third-order valence-electron chi connectivity index (χ3n) is 5.83. The van der Waals surface area contributed by atoms with Gasteiger partial charge in [-0.1, -0.05) is 12.1 Å². The molecule has 1 aliphatic heterocycles. The molecule has 1 aliphatic rings. The van der Waals surface area contributed by atoms with Crippen molar-refractivity contribution in [3.05, 3.63) is 70.0 Å². The molecule has 31 heavy (non-hydrogen) atoms. The Morgan fingerprint density at radius 1 is 1.06 bits per heavy atom. The number of amides is 1. The molecule has 1 fully saturated rings. The second-order valence-electron chi connectivity index (χ2n) is 7.66. The Bertz CT molecular complexity index is 1350. The number of aryl methyl sites for hydroxylation is 1. The number of carbonyl (C=O) groups excluding carboxylic acids is 1. The van der Waals surface area contributed by atoms with Crippen LogP contribution in [0.25, 0.3) is 33.1 Å². The van der Waals surface area contributed by atoms with Crippen molar-refractivity contribution >= 4 is 27.8 Å². The standard InChI is InChI=1S/C24H20FNO5/c1-14-17-10-19-20(15-2-4-16(25)5-3-15)13-30-21(19)12-22(17)31-24(28)18(14)11-23(27)26-6-8-29-9-7-26/h2-5,10,12-13H,6-9,11H2,1H3. The molecule has 7 heteroatoms. The number of morpholine rings is 1. The van der Waals surface area contributed by atoms with Crippen LogP contribution in [0.1, 0.15) is 11.1 Å². The van der Waals surface area contributed by atoms with Gasteiger partial charge in [0.25, 0.3) is 0 Å². The molecule has 5 rings (SSSR count). The van der Waals surface area contributed by atoms with E-state index in [1.807, 2.05) is 13.0 Å². The molecule has 0 N–H and O–H groups in total. The average molecular weight is 421 g/mol. The zero-order valence-corrected chi connectivity index (χ0v) is 16.9. The van der Waals surface area contributed by atoms with Crippen molar-refractivity contribution in [1.82, 2.24) is 4.90 Å². The van der Waals surface area contributed by atoms with Crippen LogP contribution < -0.4 is 5.63 Å². The summed E-state index contributed by atoms with van der Waals surface area (Å²) in [4.78, 5) is 27.0. The van der Waals surface area contributed by atoms with Crippen LogP contribution in [0.3, 0.4) is 0 Å². The largest absolute Gasteiger partial charge is 0.464 e. The first-order valence-corrected chi connectivity index (χ1v) is 10.1. The van der Waals surface area contributed by atoms with Crippen molar-refractivity contribution in [3.63, 3.8) is 0 Å². The van der Waals surface area contributed by atoms with Gasteiger partial charge in [-0.3, -0.25) is 4.79 Å². The SMILES string of the molecule is Cc1c(CC(=O)N2CCOCC2)c(=O)oc2cc3occ(-c4ccc(F)cc4)c3cc12. The van der Waals surface area contributed by atoms with E-state index in [1.165, 1.54) is 12.1 Å². The second kappa shape index (κ2) is 7.67. The third-order valence-corrected chi connectivity index (χ3v) is 5.83. The van der Waals surface area contributed by atoms with Gasteiger partial charge in [0, 0.05) is 35.5 Å². The predicted molar refractivity (Wildman–Crippen MR) is 113 cm³/mol. The quantitative estimate of drug-likeness (QED) is 0.467. The van der Waals surface area contributed by atoms with E-state index in [0.29, 0.717) is 48.6 Å². The van der Waals surface area contributed by atoms with Gasteiger partial charge in [-0.05, 0) is 36.2 Å². The first kappa shape index (κ1) is 19.5. The van der Waals surface area contributed by atoms with E-state index in [9.17, 15) is 14.0 Å². The molecule has 0 atom stereocenters. The van der Waals surface area contributed by atoms with E-state index in [1.54, 1.807) is 29.4 Å². The fourth-order valence-electron chi connectivity index (χ4n) is 4.04. The number of ether oxygens (including phenoxy) is 1. The highest BCUT2D eigenvalue weighted by molar-refractivity contribution is 6.02. The lowest BCUT2D eigenvalue weighted by Gasteiger charge is -2.26. The number of hydrogen-bond donors (Lipinski definition) is 0. The maximum atomic E-state index is 13.3. The molecule has 0 aliphatic carbocycles. The smallest absolute Gasteiger partial charge is 0.340 e. The topological polar surface area (TPSA) is 72.9 Å². The molecular weight excluding hydrogens is 401 g/mol. The Kier molecular flexibility index (Phi) is 4.82. The first-order chi connectivity index (χ1) is 15.0. The number of hydrogen-bond acceptors (Lipinski definition) is 5. The van der Waals surface area contributed by atoms with Gasteiger partial charge in [-0.15, -0.1) is 0 Å². The molecule has 0 unspecified atom stereocenters. The molecule has 6 nitrogen and oxygen atoms in total. The highest BCUT2D eigenvalue weighted by Crippen LogP contribution is 2.34. The summed E-state index contributed by atoms with van der Waals surface area (Å²) >= 11 is 0. The van der Waals surface area contributed by atoms with Crippen LogP contribution >= 0.6 is 0 Å². The molecule has 0 bridgehead atoms. The molecule has 1 saturated heterocycles. The minimum Gasteiger partial charge on any atom is -0.464 e. The van der Waals surface area contributed by atoms with E-state index >= 15 is 0 Å². The summed E-state index contributed by atoms with van der Waals surface area (Å²) in [5.74, 6) is -0.427. The monoisotopic (exact) mass is 421 g/mol. The Hall–Kier alpha value is -3.45. The number of carbonyl (C=O) groups is 1. The molecule has 2 aromatic carbocycles. The van der Waals surface area contributed by atoms with E-state index in [4.69, 9.17) is 13.6 Å². The summed E-state index contributed by atoms with van der Waals surface area (Å²) in [7, 11) is 0. The molecule has 4 aromatic rings. The van der Waals surface area contributed by atoms with Crippen molar-refractivity contribution in [2.75, 3.05) is 26.3 Å². The highest BCUT2D eigenvalue weighted by atomic mass is 19.1. The molecule has 1 amide bonds. The zero-order chi connectivity index (χ0) is 21.5. The van der Waals surface area contributed by atoms with Crippen LogP contribution in [0.2, 0.25) is 0 Å². The number of rotatable bonds is 3. The van der Waals surface area contributed by atoms with Crippen LogP contribution in [0.15, 0.2) is 56.3 Å². The van der Waals surface area contributed by atoms with E-state index < -0.39 is 5.63 Å². The van der Waals surface area contributed by atoms with E-state index in [2.05, 4.69) is 0 Å². The average Bonchev–Trinajstić information content (AvgIpc) is 3.19. The van der Waals surface area contributed by atoms with Gasteiger partial charge in [0.05, 0.1) is 31.5 Å². The van der Waals surface area contributed by atoms with Crippen molar-refractivity contribution in [2.45, 2.75) is 13.3 Å². The van der Waals surface area contributed by atoms with E-state index in [-0.39, 0.29) is 18.1 Å². The lowest BCUT2D eigenvalue weighted by molar-refractivity contribution is -0.134. The predicted octanol–water partition coefficient (Wildman–Crippen LogP) is 4.06. The van der Waals surface area contributed by atoms with Gasteiger partial charge >= 0.3 is 5.63 Å². The Morgan fingerprint density at radius 3 is 2.55 bits per heavy atom.